The molecule has 1 aromatic carbocycles. The summed E-state index contributed by atoms with van der Waals surface area (Å²) in [6.07, 6.45) is 16.1. The molecule has 0 heterocycles. The summed E-state index contributed by atoms with van der Waals surface area (Å²) >= 11 is 0. The lowest BCUT2D eigenvalue weighted by atomic mass is 10.1. The summed E-state index contributed by atoms with van der Waals surface area (Å²) in [5, 5.41) is 0. The molecule has 2 heteroatoms. The molecule has 0 amide bonds. The van der Waals surface area contributed by atoms with Crippen LogP contribution in [-0.4, -0.2) is 5.97 Å². The van der Waals surface area contributed by atoms with Gasteiger partial charge in [-0.05, 0) is 50.7 Å². The number of ether oxygens (including phenoxy) is 1. The van der Waals surface area contributed by atoms with Crippen molar-refractivity contribution >= 4 is 5.97 Å². The molecule has 22 heavy (non-hydrogen) atoms. The van der Waals surface area contributed by atoms with Gasteiger partial charge in [-0.2, -0.15) is 0 Å². The molecule has 1 rings (SSSR count). The Kier molecular flexibility index (Phi) is 10.7. The van der Waals surface area contributed by atoms with E-state index in [9.17, 15) is 4.79 Å². The first kappa shape index (κ1) is 18.2. The number of benzene rings is 1. The van der Waals surface area contributed by atoms with Gasteiger partial charge in [0.05, 0.1) is 6.26 Å². The molecule has 0 bridgehead atoms. The third kappa shape index (κ3) is 9.98. The molecule has 0 aliphatic rings. The van der Waals surface area contributed by atoms with E-state index in [2.05, 4.69) is 19.1 Å². The molecule has 0 spiro atoms. The Hall–Kier alpha value is -1.83. The Morgan fingerprint density at radius 3 is 2.36 bits per heavy atom. The zero-order chi connectivity index (χ0) is 15.9. The van der Waals surface area contributed by atoms with Crippen molar-refractivity contribution in [2.75, 3.05) is 0 Å². The smallest absolute Gasteiger partial charge is 0.310 e. The van der Waals surface area contributed by atoms with E-state index in [1.165, 1.54) is 31.2 Å². The van der Waals surface area contributed by atoms with Gasteiger partial charge in [0.15, 0.2) is 0 Å². The number of hydrogen-bond donors (Lipinski definition) is 0. The van der Waals surface area contributed by atoms with Gasteiger partial charge in [0.25, 0.3) is 0 Å². The molecule has 2 nitrogen and oxygen atoms in total. The average molecular weight is 300 g/mol. The van der Waals surface area contributed by atoms with Gasteiger partial charge < -0.3 is 4.74 Å². The van der Waals surface area contributed by atoms with Crippen LogP contribution in [0.15, 0.2) is 54.8 Å². The Bertz CT molecular complexity index is 446. The molecule has 0 N–H and O–H groups in total. The van der Waals surface area contributed by atoms with Crippen LogP contribution in [0.2, 0.25) is 0 Å². The van der Waals surface area contributed by atoms with Gasteiger partial charge in [0.1, 0.15) is 0 Å². The van der Waals surface area contributed by atoms with Crippen molar-refractivity contribution in [1.29, 1.82) is 0 Å². The third-order valence-corrected chi connectivity index (χ3v) is 3.48. The number of allylic oxidation sites excluding steroid dienone is 3. The monoisotopic (exact) mass is 300 g/mol. The van der Waals surface area contributed by atoms with Crippen LogP contribution in [0.1, 0.15) is 57.4 Å². The summed E-state index contributed by atoms with van der Waals surface area (Å²) in [5.41, 5.74) is 1.17. The van der Waals surface area contributed by atoms with Crippen molar-refractivity contribution in [3.05, 3.63) is 60.4 Å². The average Bonchev–Trinajstić information content (AvgIpc) is 2.55. The van der Waals surface area contributed by atoms with Crippen molar-refractivity contribution in [2.45, 2.75) is 58.3 Å². The van der Waals surface area contributed by atoms with Gasteiger partial charge in [-0.3, -0.25) is 4.79 Å². The number of aryl methyl sites for hydroxylation is 1. The summed E-state index contributed by atoms with van der Waals surface area (Å²) < 4.78 is 5.09. The van der Waals surface area contributed by atoms with Gasteiger partial charge in [0.2, 0.25) is 0 Å². The fraction of sp³-hybridized carbons (Fsp3) is 0.450. The number of hydrogen-bond acceptors (Lipinski definition) is 2. The molecule has 0 aliphatic heterocycles. The van der Waals surface area contributed by atoms with Crippen LogP contribution in [0.5, 0.6) is 0 Å². The maximum Gasteiger partial charge on any atom is 0.310 e. The summed E-state index contributed by atoms with van der Waals surface area (Å²) in [4.78, 5) is 11.6. The van der Waals surface area contributed by atoms with E-state index in [1.807, 2.05) is 36.4 Å². The first-order chi connectivity index (χ1) is 10.8. The van der Waals surface area contributed by atoms with Crippen molar-refractivity contribution in [1.82, 2.24) is 0 Å². The zero-order valence-electron chi connectivity index (χ0n) is 13.7. The van der Waals surface area contributed by atoms with Gasteiger partial charge >= 0.3 is 5.97 Å². The van der Waals surface area contributed by atoms with Gasteiger partial charge in [-0.15, -0.1) is 0 Å². The minimum atomic E-state index is -0.161. The maximum atomic E-state index is 11.6. The third-order valence-electron chi connectivity index (χ3n) is 3.48. The van der Waals surface area contributed by atoms with E-state index >= 15 is 0 Å². The van der Waals surface area contributed by atoms with Crippen LogP contribution in [0.3, 0.4) is 0 Å². The van der Waals surface area contributed by atoms with Crippen molar-refractivity contribution in [3.8, 4) is 0 Å². The number of esters is 1. The molecule has 0 aromatic heterocycles. The minimum absolute atomic E-state index is 0.161. The SMILES string of the molecule is C/C=C/CCCCCC/C=C/OC(=O)CCc1ccccc1. The predicted octanol–water partition coefficient (Wildman–Crippen LogP) is 5.59. The van der Waals surface area contributed by atoms with Crippen LogP contribution in [0, 0.1) is 0 Å². The van der Waals surface area contributed by atoms with E-state index in [0.717, 1.165) is 19.3 Å². The molecule has 0 atom stereocenters. The van der Waals surface area contributed by atoms with Gasteiger partial charge in [0, 0.05) is 6.42 Å². The topological polar surface area (TPSA) is 26.3 Å². The first-order valence-electron chi connectivity index (χ1n) is 8.32. The van der Waals surface area contributed by atoms with E-state index in [4.69, 9.17) is 4.74 Å². The minimum Gasteiger partial charge on any atom is -0.435 e. The van der Waals surface area contributed by atoms with Crippen molar-refractivity contribution in [2.24, 2.45) is 0 Å². The van der Waals surface area contributed by atoms with Crippen molar-refractivity contribution in [3.63, 3.8) is 0 Å². The predicted molar refractivity (Wildman–Crippen MR) is 92.5 cm³/mol. The van der Waals surface area contributed by atoms with E-state index in [0.29, 0.717) is 6.42 Å². The Morgan fingerprint density at radius 2 is 1.68 bits per heavy atom. The molecule has 1 aromatic rings. The maximum absolute atomic E-state index is 11.6. The highest BCUT2D eigenvalue weighted by Crippen LogP contribution is 2.07. The van der Waals surface area contributed by atoms with E-state index < -0.39 is 0 Å². The highest BCUT2D eigenvalue weighted by Gasteiger charge is 2.01. The second kappa shape index (κ2) is 12.9. The number of unbranched alkanes of at least 4 members (excludes halogenated alkanes) is 5. The number of rotatable bonds is 11. The molecular formula is C20H28O2. The molecule has 0 saturated heterocycles. The Morgan fingerprint density at radius 1 is 1.00 bits per heavy atom. The summed E-state index contributed by atoms with van der Waals surface area (Å²) in [7, 11) is 0. The number of carbonyl (C=O) groups is 1. The summed E-state index contributed by atoms with van der Waals surface area (Å²) in [6.45, 7) is 2.06. The van der Waals surface area contributed by atoms with Gasteiger partial charge in [-0.25, -0.2) is 0 Å². The highest BCUT2D eigenvalue weighted by molar-refractivity contribution is 5.70. The standard InChI is InChI=1S/C20H28O2/c1-2-3-4-5-6-7-8-9-13-18-22-20(21)17-16-19-14-11-10-12-15-19/h2-3,10-15,18H,4-9,16-17H2,1H3/b3-2+,18-13+. The second-order valence-electron chi connectivity index (χ2n) is 5.41. The fourth-order valence-corrected chi connectivity index (χ4v) is 2.19. The second-order valence-corrected chi connectivity index (χ2v) is 5.41. The normalized spacial score (nSPS) is 11.3. The molecule has 0 unspecified atom stereocenters. The summed E-state index contributed by atoms with van der Waals surface area (Å²) in [6, 6.07) is 10.0. The molecule has 0 aliphatic carbocycles. The largest absolute Gasteiger partial charge is 0.435 e. The fourth-order valence-electron chi connectivity index (χ4n) is 2.19. The highest BCUT2D eigenvalue weighted by atomic mass is 16.5. The van der Waals surface area contributed by atoms with E-state index in [-0.39, 0.29) is 5.97 Å². The zero-order valence-corrected chi connectivity index (χ0v) is 13.7. The van der Waals surface area contributed by atoms with Crippen LogP contribution >= 0.6 is 0 Å². The molecule has 0 saturated carbocycles. The first-order valence-corrected chi connectivity index (χ1v) is 8.32. The van der Waals surface area contributed by atoms with Crippen LogP contribution in [0.4, 0.5) is 0 Å². The lowest BCUT2D eigenvalue weighted by Crippen LogP contribution is -2.01. The van der Waals surface area contributed by atoms with Crippen LogP contribution in [0.25, 0.3) is 0 Å². The molecule has 0 fully saturated rings. The molecular weight excluding hydrogens is 272 g/mol. The quantitative estimate of drug-likeness (QED) is 0.230. The number of carbonyl (C=O) groups excluding carboxylic acids is 1. The molecule has 120 valence electrons. The van der Waals surface area contributed by atoms with E-state index in [1.54, 1.807) is 6.26 Å². The van der Waals surface area contributed by atoms with Crippen molar-refractivity contribution < 1.29 is 9.53 Å². The van der Waals surface area contributed by atoms with Crippen LogP contribution in [-0.2, 0) is 16.0 Å². The lowest BCUT2D eigenvalue weighted by molar-refractivity contribution is -0.137. The van der Waals surface area contributed by atoms with Crippen LogP contribution < -0.4 is 0 Å². The van der Waals surface area contributed by atoms with Gasteiger partial charge in [-0.1, -0.05) is 55.3 Å². The Labute approximate surface area is 134 Å². The Balaban J connectivity index is 1.97. The molecule has 0 radical (unpaired) electrons. The lowest BCUT2D eigenvalue weighted by Gasteiger charge is -2.00. The summed E-state index contributed by atoms with van der Waals surface area (Å²) in [5.74, 6) is -0.161.